The van der Waals surface area contributed by atoms with Gasteiger partial charge in [-0.05, 0) is 31.0 Å². The van der Waals surface area contributed by atoms with Crippen molar-refractivity contribution in [1.29, 1.82) is 0 Å². The first-order chi connectivity index (χ1) is 8.02. The predicted octanol–water partition coefficient (Wildman–Crippen LogP) is 1.33. The zero-order valence-corrected chi connectivity index (χ0v) is 10.3. The third-order valence-corrected chi connectivity index (χ3v) is 2.47. The van der Waals surface area contributed by atoms with Crippen molar-refractivity contribution < 1.29 is 14.3 Å². The van der Waals surface area contributed by atoms with Crippen LogP contribution in [0.3, 0.4) is 0 Å². The average Bonchev–Trinajstić information content (AvgIpc) is 2.28. The van der Waals surface area contributed by atoms with E-state index in [4.69, 9.17) is 4.74 Å². The van der Waals surface area contributed by atoms with Gasteiger partial charge in [0.1, 0.15) is 5.75 Å². The number of Topliss-reactive ketones (excluding diaryl/α,β-unsaturated/α-hetero) is 1. The molecule has 0 heterocycles. The smallest absolute Gasteiger partial charge is 0.217 e. The number of nitrogens with one attached hydrogen (secondary N) is 1. The first-order valence-corrected chi connectivity index (χ1v) is 5.43. The Balaban J connectivity index is 2.71. The Bertz CT molecular complexity index is 398. The van der Waals surface area contributed by atoms with Crippen molar-refractivity contribution in [2.75, 3.05) is 7.11 Å². The molecule has 1 rings (SSSR count). The summed E-state index contributed by atoms with van der Waals surface area (Å²) in [5.41, 5.74) is 0.986. The molecule has 1 amide bonds. The van der Waals surface area contributed by atoms with Crippen molar-refractivity contribution in [1.82, 2.24) is 5.32 Å². The molecule has 1 unspecified atom stereocenters. The average molecular weight is 235 g/mol. The van der Waals surface area contributed by atoms with E-state index in [-0.39, 0.29) is 11.7 Å². The van der Waals surface area contributed by atoms with Crippen LogP contribution in [0, 0.1) is 0 Å². The molecular weight excluding hydrogens is 218 g/mol. The highest BCUT2D eigenvalue weighted by Crippen LogP contribution is 2.12. The van der Waals surface area contributed by atoms with Crippen LogP contribution in [0.1, 0.15) is 19.4 Å². The van der Waals surface area contributed by atoms with E-state index >= 15 is 0 Å². The second-order valence-electron chi connectivity index (χ2n) is 3.92. The van der Waals surface area contributed by atoms with E-state index in [1.165, 1.54) is 13.8 Å². The number of carbonyl (C=O) groups excluding carboxylic acids is 2. The summed E-state index contributed by atoms with van der Waals surface area (Å²) in [5, 5.41) is 2.64. The molecule has 4 nitrogen and oxygen atoms in total. The van der Waals surface area contributed by atoms with Gasteiger partial charge in [0.2, 0.25) is 5.91 Å². The van der Waals surface area contributed by atoms with Gasteiger partial charge in [-0.2, -0.15) is 0 Å². The van der Waals surface area contributed by atoms with Crippen molar-refractivity contribution in [2.45, 2.75) is 26.3 Å². The molecule has 0 radical (unpaired) electrons. The summed E-state index contributed by atoms with van der Waals surface area (Å²) in [6, 6.07) is 6.98. The SMILES string of the molecule is COc1ccc(CC(NC(C)=O)C(C)=O)cc1. The Hall–Kier alpha value is -1.84. The largest absolute Gasteiger partial charge is 0.497 e. The molecule has 0 fully saturated rings. The Morgan fingerprint density at radius 1 is 1.24 bits per heavy atom. The van der Waals surface area contributed by atoms with Crippen LogP contribution in [0.15, 0.2) is 24.3 Å². The standard InChI is InChI=1S/C13H17NO3/c1-9(15)13(14-10(2)16)8-11-4-6-12(17-3)7-5-11/h4-7,13H,8H2,1-3H3,(H,14,16). The number of ketones is 1. The van der Waals surface area contributed by atoms with Crippen LogP contribution in [0.2, 0.25) is 0 Å². The van der Waals surface area contributed by atoms with E-state index in [2.05, 4.69) is 5.32 Å². The lowest BCUT2D eigenvalue weighted by molar-refractivity contribution is -0.125. The maximum absolute atomic E-state index is 11.4. The summed E-state index contributed by atoms with van der Waals surface area (Å²) in [4.78, 5) is 22.3. The fraction of sp³-hybridized carbons (Fsp3) is 0.385. The third kappa shape index (κ3) is 4.26. The maximum atomic E-state index is 11.4. The van der Waals surface area contributed by atoms with Gasteiger partial charge >= 0.3 is 0 Å². The molecule has 4 heteroatoms. The summed E-state index contributed by atoms with van der Waals surface area (Å²) in [7, 11) is 1.60. The van der Waals surface area contributed by atoms with E-state index in [0.717, 1.165) is 11.3 Å². The van der Waals surface area contributed by atoms with Crippen molar-refractivity contribution >= 4 is 11.7 Å². The zero-order valence-electron chi connectivity index (χ0n) is 10.3. The quantitative estimate of drug-likeness (QED) is 0.837. The van der Waals surface area contributed by atoms with Gasteiger partial charge in [0.05, 0.1) is 13.2 Å². The van der Waals surface area contributed by atoms with Gasteiger partial charge in [-0.1, -0.05) is 12.1 Å². The lowest BCUT2D eigenvalue weighted by Crippen LogP contribution is -2.40. The van der Waals surface area contributed by atoms with Crippen LogP contribution in [-0.2, 0) is 16.0 Å². The Morgan fingerprint density at radius 2 is 1.82 bits per heavy atom. The van der Waals surface area contributed by atoms with Crippen LogP contribution in [0.25, 0.3) is 0 Å². The summed E-state index contributed by atoms with van der Waals surface area (Å²) >= 11 is 0. The highest BCUT2D eigenvalue weighted by molar-refractivity contribution is 5.86. The molecule has 1 N–H and O–H groups in total. The number of hydrogen-bond acceptors (Lipinski definition) is 3. The van der Waals surface area contributed by atoms with Gasteiger partial charge in [0.25, 0.3) is 0 Å². The minimum absolute atomic E-state index is 0.0454. The highest BCUT2D eigenvalue weighted by Gasteiger charge is 2.15. The minimum Gasteiger partial charge on any atom is -0.497 e. The fourth-order valence-corrected chi connectivity index (χ4v) is 1.54. The van der Waals surface area contributed by atoms with Gasteiger partial charge in [-0.15, -0.1) is 0 Å². The molecule has 0 aliphatic heterocycles. The van der Waals surface area contributed by atoms with Crippen LogP contribution >= 0.6 is 0 Å². The van der Waals surface area contributed by atoms with Crippen molar-refractivity contribution in [2.24, 2.45) is 0 Å². The monoisotopic (exact) mass is 235 g/mol. The maximum Gasteiger partial charge on any atom is 0.217 e. The summed E-state index contributed by atoms with van der Waals surface area (Å²) in [6.45, 7) is 2.88. The Labute approximate surface area is 101 Å². The lowest BCUT2D eigenvalue weighted by atomic mass is 10.0. The van der Waals surface area contributed by atoms with E-state index in [1.807, 2.05) is 24.3 Å². The van der Waals surface area contributed by atoms with Crippen molar-refractivity contribution in [3.8, 4) is 5.75 Å². The number of carbonyl (C=O) groups is 2. The van der Waals surface area contributed by atoms with Crippen LogP contribution < -0.4 is 10.1 Å². The zero-order chi connectivity index (χ0) is 12.8. The molecule has 0 aliphatic carbocycles. The van der Waals surface area contributed by atoms with E-state index in [9.17, 15) is 9.59 Å². The number of ether oxygens (including phenoxy) is 1. The molecule has 0 saturated carbocycles. The van der Waals surface area contributed by atoms with Crippen LogP contribution in [0.5, 0.6) is 5.75 Å². The number of benzene rings is 1. The van der Waals surface area contributed by atoms with Gasteiger partial charge in [0, 0.05) is 6.92 Å². The van der Waals surface area contributed by atoms with Crippen LogP contribution in [-0.4, -0.2) is 24.8 Å². The first kappa shape index (κ1) is 13.2. The molecule has 17 heavy (non-hydrogen) atoms. The molecule has 0 spiro atoms. The van der Waals surface area contributed by atoms with E-state index in [1.54, 1.807) is 7.11 Å². The highest BCUT2D eigenvalue weighted by atomic mass is 16.5. The van der Waals surface area contributed by atoms with E-state index < -0.39 is 6.04 Å². The second kappa shape index (κ2) is 6.03. The number of methoxy groups -OCH3 is 1. The fourth-order valence-electron chi connectivity index (χ4n) is 1.54. The Morgan fingerprint density at radius 3 is 2.24 bits per heavy atom. The summed E-state index contributed by atoms with van der Waals surface area (Å²) in [5.74, 6) is 0.530. The molecule has 92 valence electrons. The predicted molar refractivity (Wildman–Crippen MR) is 65.0 cm³/mol. The molecule has 0 saturated heterocycles. The molecule has 0 bridgehead atoms. The molecule has 1 atom stereocenters. The normalized spacial score (nSPS) is 11.7. The van der Waals surface area contributed by atoms with Gasteiger partial charge in [0.15, 0.2) is 5.78 Å². The second-order valence-corrected chi connectivity index (χ2v) is 3.92. The minimum atomic E-state index is -0.458. The summed E-state index contributed by atoms with van der Waals surface area (Å²) < 4.78 is 5.05. The summed E-state index contributed by atoms with van der Waals surface area (Å²) in [6.07, 6.45) is 0.499. The molecule has 1 aromatic rings. The lowest BCUT2D eigenvalue weighted by Gasteiger charge is -2.14. The molecule has 1 aromatic carbocycles. The van der Waals surface area contributed by atoms with E-state index in [0.29, 0.717) is 6.42 Å². The van der Waals surface area contributed by atoms with Crippen LogP contribution in [0.4, 0.5) is 0 Å². The third-order valence-electron chi connectivity index (χ3n) is 2.47. The first-order valence-electron chi connectivity index (χ1n) is 5.43. The molecular formula is C13H17NO3. The van der Waals surface area contributed by atoms with Gasteiger partial charge < -0.3 is 10.1 Å². The van der Waals surface area contributed by atoms with Gasteiger partial charge in [-0.25, -0.2) is 0 Å². The van der Waals surface area contributed by atoms with Crippen molar-refractivity contribution in [3.63, 3.8) is 0 Å². The number of hydrogen-bond donors (Lipinski definition) is 1. The number of amides is 1. The topological polar surface area (TPSA) is 55.4 Å². The number of rotatable bonds is 5. The van der Waals surface area contributed by atoms with Crippen molar-refractivity contribution in [3.05, 3.63) is 29.8 Å². The van der Waals surface area contributed by atoms with Gasteiger partial charge in [-0.3, -0.25) is 9.59 Å². The Kier molecular flexibility index (Phi) is 4.69. The molecule has 0 aliphatic rings. The molecule has 0 aromatic heterocycles.